The van der Waals surface area contributed by atoms with Gasteiger partial charge in [-0.15, -0.1) is 0 Å². The Morgan fingerprint density at radius 2 is 0.924 bits per heavy atom. The smallest absolute Gasteiger partial charge is 0.252 e. The zero-order valence-corrected chi connectivity index (χ0v) is 41.4. The summed E-state index contributed by atoms with van der Waals surface area (Å²) in [7, 11) is 0. The topological polar surface area (TPSA) is 6.48 Å². The van der Waals surface area contributed by atoms with Gasteiger partial charge in [-0.2, -0.15) is 0 Å². The van der Waals surface area contributed by atoms with Gasteiger partial charge in [-0.1, -0.05) is 166 Å². The van der Waals surface area contributed by atoms with Crippen LogP contribution in [0.3, 0.4) is 0 Å². The average Bonchev–Trinajstić information content (AvgIpc) is 3.48. The molecule has 0 fully saturated rings. The number of unbranched alkanes of at least 4 members (excludes halogenated alkanes) is 1. The molecule has 0 atom stereocenters. The SMILES string of the molecule is CCCCc1cc2c3c(c1)N(c1cc4c(cc1C)C(C)(C)CCC4(C)C)c1cc4c(cc1B3c1ccc(-c3ccccc3)cc1N2c1cc(-c2ccccc2)ccc1C)C(C)(C)CC4(C)C. The lowest BCUT2D eigenvalue weighted by molar-refractivity contribution is 0.332. The minimum absolute atomic E-state index is 0.0493. The second-order valence-electron chi connectivity index (χ2n) is 23.1. The Kier molecular flexibility index (Phi) is 9.80. The molecule has 11 rings (SSSR count). The number of anilines is 6. The molecule has 0 amide bonds. The van der Waals surface area contributed by atoms with Crippen molar-refractivity contribution in [3.63, 3.8) is 0 Å². The Morgan fingerprint density at radius 1 is 0.439 bits per heavy atom. The van der Waals surface area contributed by atoms with Gasteiger partial charge in [0.25, 0.3) is 6.71 Å². The third kappa shape index (κ3) is 6.65. The first-order chi connectivity index (χ1) is 31.5. The maximum atomic E-state index is 2.75. The summed E-state index contributed by atoms with van der Waals surface area (Å²) in [4.78, 5) is 5.42. The third-order valence-corrected chi connectivity index (χ3v) is 16.5. The highest BCUT2D eigenvalue weighted by Gasteiger charge is 2.49. The molecule has 3 heteroatoms. The minimum atomic E-state index is 0.0493. The summed E-state index contributed by atoms with van der Waals surface area (Å²) in [5.74, 6) is 0. The van der Waals surface area contributed by atoms with Gasteiger partial charge in [0.15, 0.2) is 0 Å². The normalized spacial score (nSPS) is 17.7. The highest BCUT2D eigenvalue weighted by Crippen LogP contribution is 2.55. The summed E-state index contributed by atoms with van der Waals surface area (Å²) in [6, 6.07) is 52.1. The Bertz CT molecular complexity index is 3080. The van der Waals surface area contributed by atoms with Gasteiger partial charge < -0.3 is 9.80 Å². The lowest BCUT2D eigenvalue weighted by Crippen LogP contribution is -2.61. The number of hydrogen-bond acceptors (Lipinski definition) is 2. The van der Waals surface area contributed by atoms with Crippen LogP contribution in [0.25, 0.3) is 22.3 Å². The molecule has 2 aliphatic heterocycles. The molecule has 0 N–H and O–H groups in total. The van der Waals surface area contributed by atoms with Crippen LogP contribution >= 0.6 is 0 Å². The van der Waals surface area contributed by atoms with Crippen molar-refractivity contribution in [1.29, 1.82) is 0 Å². The summed E-state index contributed by atoms with van der Waals surface area (Å²) in [5.41, 5.74) is 27.4. The fourth-order valence-electron chi connectivity index (χ4n) is 13.0. The number of fused-ring (bicyclic) bond motifs is 6. The van der Waals surface area contributed by atoms with Crippen molar-refractivity contribution >= 4 is 57.2 Å². The number of nitrogens with zero attached hydrogens (tertiary/aromatic N) is 2. The lowest BCUT2D eigenvalue weighted by atomic mass is 9.33. The first kappa shape index (κ1) is 42.8. The molecule has 0 unspecified atom stereocenters. The molecule has 0 saturated heterocycles. The van der Waals surface area contributed by atoms with Gasteiger partial charge in [-0.3, -0.25) is 0 Å². The zero-order valence-electron chi connectivity index (χ0n) is 41.4. The average molecular weight is 863 g/mol. The maximum Gasteiger partial charge on any atom is 0.252 e. The lowest BCUT2D eigenvalue weighted by Gasteiger charge is -2.47. The van der Waals surface area contributed by atoms with Gasteiger partial charge >= 0.3 is 0 Å². The van der Waals surface area contributed by atoms with Crippen LogP contribution in [0.2, 0.25) is 0 Å². The highest BCUT2D eigenvalue weighted by atomic mass is 15.2. The molecule has 0 bridgehead atoms. The van der Waals surface area contributed by atoms with E-state index < -0.39 is 0 Å². The van der Waals surface area contributed by atoms with Gasteiger partial charge in [-0.25, -0.2) is 0 Å². The van der Waals surface area contributed by atoms with E-state index in [0.29, 0.717) is 0 Å². The molecule has 0 radical (unpaired) electrons. The van der Waals surface area contributed by atoms with Crippen LogP contribution in [-0.2, 0) is 28.1 Å². The number of hydrogen-bond donors (Lipinski definition) is 0. The Morgan fingerprint density at radius 3 is 1.52 bits per heavy atom. The van der Waals surface area contributed by atoms with Gasteiger partial charge in [0, 0.05) is 34.1 Å². The van der Waals surface area contributed by atoms with Crippen molar-refractivity contribution in [3.05, 3.63) is 172 Å². The molecule has 66 heavy (non-hydrogen) atoms. The van der Waals surface area contributed by atoms with E-state index in [2.05, 4.69) is 219 Å². The summed E-state index contributed by atoms with van der Waals surface area (Å²) in [6.07, 6.45) is 6.85. The van der Waals surface area contributed by atoms with Crippen molar-refractivity contribution in [2.75, 3.05) is 9.80 Å². The van der Waals surface area contributed by atoms with Gasteiger partial charge in [0.05, 0.1) is 0 Å². The van der Waals surface area contributed by atoms with Crippen molar-refractivity contribution in [2.24, 2.45) is 0 Å². The quantitative estimate of drug-likeness (QED) is 0.147. The van der Waals surface area contributed by atoms with Crippen LogP contribution in [0.5, 0.6) is 0 Å². The Hall–Kier alpha value is -5.80. The Balaban J connectivity index is 1.27. The molecule has 332 valence electrons. The molecule has 2 aliphatic carbocycles. The molecular weight excluding hydrogens is 796 g/mol. The predicted octanol–water partition coefficient (Wildman–Crippen LogP) is 15.4. The van der Waals surface area contributed by atoms with E-state index in [1.165, 1.54) is 125 Å². The molecule has 2 nitrogen and oxygen atoms in total. The molecule has 0 aromatic heterocycles. The van der Waals surface area contributed by atoms with Crippen LogP contribution in [0, 0.1) is 13.8 Å². The minimum Gasteiger partial charge on any atom is -0.311 e. The van der Waals surface area contributed by atoms with Gasteiger partial charge in [0.2, 0.25) is 0 Å². The second-order valence-corrected chi connectivity index (χ2v) is 23.1. The molecule has 2 heterocycles. The van der Waals surface area contributed by atoms with Crippen LogP contribution in [-0.4, -0.2) is 6.71 Å². The standard InChI is InChI=1S/C63H67BN2/c1-12-13-20-42-32-57-59-58(33-42)66(54-37-49-47(31-41(54)3)60(4,5)29-30-61(49,6)7)56-38-50-48(62(8,9)39-63(50,10)11)36-52(56)64(59)51-28-27-46(44-23-18-15-19-24-44)35-55(51)65(57)53-34-45(26-25-40(53)2)43-21-16-14-17-22-43/h14-19,21-28,31-38H,12-13,20,29-30,39H2,1-11H3. The summed E-state index contributed by atoms with van der Waals surface area (Å²) < 4.78 is 0. The van der Waals surface area contributed by atoms with Crippen molar-refractivity contribution in [2.45, 2.75) is 136 Å². The van der Waals surface area contributed by atoms with E-state index >= 15 is 0 Å². The van der Waals surface area contributed by atoms with Crippen molar-refractivity contribution in [1.82, 2.24) is 0 Å². The summed E-state index contributed by atoms with van der Waals surface area (Å²) >= 11 is 0. The van der Waals surface area contributed by atoms with Crippen molar-refractivity contribution in [3.8, 4) is 22.3 Å². The van der Waals surface area contributed by atoms with E-state index in [1.807, 2.05) is 0 Å². The van der Waals surface area contributed by atoms with E-state index in [1.54, 1.807) is 0 Å². The highest BCUT2D eigenvalue weighted by molar-refractivity contribution is 7.00. The number of rotatable bonds is 7. The van der Waals surface area contributed by atoms with E-state index in [0.717, 1.165) is 25.7 Å². The fraction of sp³-hybridized carbons (Fsp3) is 0.333. The monoisotopic (exact) mass is 863 g/mol. The number of aryl methyl sites for hydroxylation is 3. The molecule has 7 aromatic rings. The largest absolute Gasteiger partial charge is 0.311 e. The van der Waals surface area contributed by atoms with Crippen LogP contribution in [0.4, 0.5) is 34.1 Å². The van der Waals surface area contributed by atoms with Crippen LogP contribution in [0.15, 0.2) is 133 Å². The zero-order chi connectivity index (χ0) is 46.1. The maximum absolute atomic E-state index is 2.75. The van der Waals surface area contributed by atoms with Crippen LogP contribution in [0.1, 0.15) is 133 Å². The van der Waals surface area contributed by atoms with E-state index in [9.17, 15) is 0 Å². The van der Waals surface area contributed by atoms with E-state index in [4.69, 9.17) is 0 Å². The third-order valence-electron chi connectivity index (χ3n) is 16.5. The predicted molar refractivity (Wildman–Crippen MR) is 285 cm³/mol. The second kappa shape index (κ2) is 15.1. The van der Waals surface area contributed by atoms with Gasteiger partial charge in [0.1, 0.15) is 0 Å². The van der Waals surface area contributed by atoms with E-state index in [-0.39, 0.29) is 28.4 Å². The molecule has 0 spiro atoms. The molecule has 4 aliphatic rings. The first-order valence-electron chi connectivity index (χ1n) is 24.9. The fourth-order valence-corrected chi connectivity index (χ4v) is 13.0. The van der Waals surface area contributed by atoms with Crippen LogP contribution < -0.4 is 26.2 Å². The summed E-state index contributed by atoms with van der Waals surface area (Å²) in [6.45, 7) is 26.9. The van der Waals surface area contributed by atoms with Gasteiger partial charge in [-0.05, 0) is 182 Å². The molecular formula is C63H67BN2. The van der Waals surface area contributed by atoms with Crippen molar-refractivity contribution < 1.29 is 0 Å². The summed E-state index contributed by atoms with van der Waals surface area (Å²) in [5, 5.41) is 0. The Labute approximate surface area is 396 Å². The number of benzene rings is 7. The molecule has 7 aromatic carbocycles. The first-order valence-corrected chi connectivity index (χ1v) is 24.9. The molecule has 0 saturated carbocycles.